The van der Waals surface area contributed by atoms with Gasteiger partial charge >= 0.3 is 0 Å². The zero-order chi connectivity index (χ0) is 30.5. The molecule has 8 heteroatoms. The summed E-state index contributed by atoms with van der Waals surface area (Å²) in [5.74, 6) is 0.230. The highest BCUT2D eigenvalue weighted by Gasteiger charge is 2.52. The minimum absolute atomic E-state index is 0.192. The Bertz CT molecular complexity index is 1380. The van der Waals surface area contributed by atoms with Gasteiger partial charge in [-0.2, -0.15) is 0 Å². The van der Waals surface area contributed by atoms with E-state index in [9.17, 15) is 13.6 Å². The van der Waals surface area contributed by atoms with Crippen molar-refractivity contribution in [2.75, 3.05) is 52.5 Å². The number of morpholine rings is 1. The second kappa shape index (κ2) is 13.6. The lowest BCUT2D eigenvalue weighted by molar-refractivity contribution is -0.130. The minimum Gasteiger partial charge on any atom is -0.378 e. The summed E-state index contributed by atoms with van der Waals surface area (Å²) in [5.41, 5.74) is 2.56. The third kappa shape index (κ3) is 6.28. The van der Waals surface area contributed by atoms with Gasteiger partial charge in [-0.05, 0) is 97.8 Å². The van der Waals surface area contributed by atoms with Crippen LogP contribution in [0.5, 0.6) is 0 Å². The van der Waals surface area contributed by atoms with Crippen LogP contribution in [0.2, 0.25) is 0 Å². The summed E-state index contributed by atoms with van der Waals surface area (Å²) in [6.45, 7) is 8.04. The summed E-state index contributed by atoms with van der Waals surface area (Å²) >= 11 is 0. The summed E-state index contributed by atoms with van der Waals surface area (Å²) < 4.78 is 33.6. The van der Waals surface area contributed by atoms with Crippen LogP contribution in [-0.2, 0) is 21.5 Å². The minimum atomic E-state index is -1.42. The summed E-state index contributed by atoms with van der Waals surface area (Å²) in [4.78, 5) is 26.1. The van der Waals surface area contributed by atoms with Gasteiger partial charge in [-0.25, -0.2) is 13.8 Å². The highest BCUT2D eigenvalue weighted by molar-refractivity contribution is 6.09. The van der Waals surface area contributed by atoms with Crippen molar-refractivity contribution in [3.63, 3.8) is 0 Å². The molecule has 3 heterocycles. The number of amides is 1. The van der Waals surface area contributed by atoms with Crippen molar-refractivity contribution in [1.29, 1.82) is 0 Å². The molecule has 6 nitrogen and oxygen atoms in total. The van der Waals surface area contributed by atoms with E-state index in [2.05, 4.69) is 41.0 Å². The van der Waals surface area contributed by atoms with Gasteiger partial charge in [-0.15, -0.1) is 0 Å². The van der Waals surface area contributed by atoms with Crippen LogP contribution in [0, 0.1) is 11.6 Å². The second-order valence-electron chi connectivity index (χ2n) is 12.2. The molecule has 3 aromatic rings. The maximum Gasteiger partial charge on any atom is 0.266 e. The largest absolute Gasteiger partial charge is 0.378 e. The van der Waals surface area contributed by atoms with Crippen LogP contribution in [0.25, 0.3) is 0 Å². The van der Waals surface area contributed by atoms with Crippen LogP contribution in [0.15, 0.2) is 77.8 Å². The van der Waals surface area contributed by atoms with Crippen molar-refractivity contribution in [2.24, 2.45) is 4.99 Å². The van der Waals surface area contributed by atoms with Crippen molar-refractivity contribution >= 4 is 11.9 Å². The van der Waals surface area contributed by atoms with E-state index in [1.54, 1.807) is 29.2 Å². The van der Waals surface area contributed by atoms with Crippen molar-refractivity contribution < 1.29 is 18.3 Å². The first-order chi connectivity index (χ1) is 21.5. The molecule has 0 saturated carbocycles. The maximum atomic E-state index is 14.6. The van der Waals surface area contributed by atoms with Gasteiger partial charge in [0.05, 0.1) is 13.2 Å². The molecule has 0 unspecified atom stereocenters. The number of rotatable bonds is 9. The number of hydrogen-bond acceptors (Lipinski definition) is 5. The van der Waals surface area contributed by atoms with Crippen molar-refractivity contribution in [3.8, 4) is 0 Å². The SMILES string of the molecule is CCCc1ccc(C2CCN(CCCN3C(=O)C(c4ccc(F)cc4)(c4ccc(F)cc4)N=C3N3CCOCC3)CC2)cc1. The fourth-order valence-electron chi connectivity index (χ4n) is 6.86. The molecule has 232 valence electrons. The van der Waals surface area contributed by atoms with Crippen LogP contribution in [0.1, 0.15) is 60.8 Å². The molecule has 2 fully saturated rings. The Hall–Kier alpha value is -3.62. The first-order valence-electron chi connectivity index (χ1n) is 16.1. The van der Waals surface area contributed by atoms with Gasteiger partial charge in [0.25, 0.3) is 5.91 Å². The smallest absolute Gasteiger partial charge is 0.266 e. The van der Waals surface area contributed by atoms with Crippen LogP contribution in [0.3, 0.4) is 0 Å². The molecular formula is C36H42F2N4O2. The highest BCUT2D eigenvalue weighted by atomic mass is 19.1. The Morgan fingerprint density at radius 2 is 1.41 bits per heavy atom. The number of ether oxygens (including phenoxy) is 1. The first kappa shape index (κ1) is 30.4. The Kier molecular flexibility index (Phi) is 9.38. The number of guanidine groups is 1. The monoisotopic (exact) mass is 600 g/mol. The normalized spacial score (nSPS) is 19.4. The molecule has 0 N–H and O–H groups in total. The number of nitrogens with zero attached hydrogens (tertiary/aromatic N) is 4. The van der Waals surface area contributed by atoms with E-state index >= 15 is 0 Å². The van der Waals surface area contributed by atoms with Gasteiger partial charge in [-0.3, -0.25) is 9.69 Å². The maximum absolute atomic E-state index is 14.6. The lowest BCUT2D eigenvalue weighted by Gasteiger charge is -2.34. The topological polar surface area (TPSA) is 48.4 Å². The van der Waals surface area contributed by atoms with E-state index in [1.807, 2.05) is 0 Å². The second-order valence-corrected chi connectivity index (χ2v) is 12.2. The van der Waals surface area contributed by atoms with E-state index in [4.69, 9.17) is 9.73 Å². The highest BCUT2D eigenvalue weighted by Crippen LogP contribution is 2.41. The lowest BCUT2D eigenvalue weighted by atomic mass is 9.82. The quantitative estimate of drug-likeness (QED) is 0.304. The van der Waals surface area contributed by atoms with Gasteiger partial charge in [0, 0.05) is 19.6 Å². The molecule has 0 aliphatic carbocycles. The number of piperidine rings is 1. The molecule has 44 heavy (non-hydrogen) atoms. The predicted molar refractivity (Wildman–Crippen MR) is 169 cm³/mol. The zero-order valence-electron chi connectivity index (χ0n) is 25.6. The molecule has 0 bridgehead atoms. The van der Waals surface area contributed by atoms with Gasteiger partial charge in [-0.1, -0.05) is 61.9 Å². The molecule has 0 atom stereocenters. The fourth-order valence-corrected chi connectivity index (χ4v) is 6.86. The third-order valence-electron chi connectivity index (χ3n) is 9.32. The van der Waals surface area contributed by atoms with Crippen molar-refractivity contribution in [1.82, 2.24) is 14.7 Å². The van der Waals surface area contributed by atoms with E-state index in [0.717, 1.165) is 45.3 Å². The number of hydrogen-bond donors (Lipinski definition) is 0. The zero-order valence-corrected chi connectivity index (χ0v) is 25.6. The first-order valence-corrected chi connectivity index (χ1v) is 16.1. The summed E-state index contributed by atoms with van der Waals surface area (Å²) in [6.07, 6.45) is 5.36. The standard InChI is InChI=1S/C36H42F2N4O2/c1-2-4-27-5-7-28(8-6-27)29-17-21-40(22-18-29)19-3-20-42-34(43)36(30-9-13-32(37)14-10-30,31-11-15-33(38)16-12-31)39-35(42)41-23-25-44-26-24-41/h5-16,29H,2-4,17-26H2,1H3. The number of aryl methyl sites for hydroxylation is 1. The van der Waals surface area contributed by atoms with Gasteiger partial charge in [0.2, 0.25) is 5.96 Å². The summed E-state index contributed by atoms with van der Waals surface area (Å²) in [6, 6.07) is 21.0. The molecule has 0 aromatic heterocycles. The predicted octanol–water partition coefficient (Wildman–Crippen LogP) is 5.96. The molecule has 1 amide bonds. The Labute approximate surface area is 259 Å². The molecule has 0 radical (unpaired) electrons. The van der Waals surface area contributed by atoms with E-state index in [1.165, 1.54) is 41.8 Å². The molecule has 2 saturated heterocycles. The number of aliphatic imine (C=N–C) groups is 1. The molecule has 3 aliphatic rings. The molecule has 0 spiro atoms. The molecule has 3 aliphatic heterocycles. The average Bonchev–Trinajstić information content (AvgIpc) is 3.35. The van der Waals surface area contributed by atoms with Crippen molar-refractivity contribution in [2.45, 2.75) is 50.5 Å². The molecule has 6 rings (SSSR count). The molecular weight excluding hydrogens is 558 g/mol. The summed E-state index contributed by atoms with van der Waals surface area (Å²) in [7, 11) is 0. The van der Waals surface area contributed by atoms with Crippen molar-refractivity contribution in [3.05, 3.63) is 107 Å². The Morgan fingerprint density at radius 3 is 1.98 bits per heavy atom. The van der Waals surface area contributed by atoms with Gasteiger partial charge in [0.15, 0.2) is 5.54 Å². The Morgan fingerprint density at radius 1 is 0.818 bits per heavy atom. The summed E-state index contributed by atoms with van der Waals surface area (Å²) in [5, 5.41) is 0. The number of likely N-dealkylation sites (tertiary alicyclic amines) is 1. The average molecular weight is 601 g/mol. The number of carbonyl (C=O) groups is 1. The van der Waals surface area contributed by atoms with Gasteiger partial charge in [0.1, 0.15) is 11.6 Å². The molecule has 3 aromatic carbocycles. The van der Waals surface area contributed by atoms with Gasteiger partial charge < -0.3 is 14.5 Å². The number of carbonyl (C=O) groups excluding carboxylic acids is 1. The lowest BCUT2D eigenvalue weighted by Crippen LogP contribution is -2.50. The fraction of sp³-hybridized carbons (Fsp3) is 0.444. The van der Waals surface area contributed by atoms with Crippen LogP contribution in [0.4, 0.5) is 8.78 Å². The van der Waals surface area contributed by atoms with Crippen LogP contribution >= 0.6 is 0 Å². The third-order valence-corrected chi connectivity index (χ3v) is 9.32. The Balaban J connectivity index is 1.18. The van der Waals surface area contributed by atoms with Crippen LogP contribution < -0.4 is 0 Å². The number of benzene rings is 3. The number of halogens is 2. The van der Waals surface area contributed by atoms with E-state index in [0.29, 0.717) is 55.9 Å². The van der Waals surface area contributed by atoms with E-state index in [-0.39, 0.29) is 17.5 Å². The van der Waals surface area contributed by atoms with E-state index < -0.39 is 5.54 Å². The van der Waals surface area contributed by atoms with Crippen LogP contribution in [-0.4, -0.2) is 79.0 Å².